The van der Waals surface area contributed by atoms with Crippen molar-refractivity contribution in [1.29, 1.82) is 0 Å². The first kappa shape index (κ1) is 20.0. The monoisotopic (exact) mass is 284 g/mol. The largest absolute Gasteiger partial charge is 0.396 e. The Morgan fingerprint density at radius 3 is 1.60 bits per heavy atom. The van der Waals surface area contributed by atoms with E-state index in [1.54, 1.807) is 0 Å². The molecule has 1 heteroatoms. The lowest BCUT2D eigenvalue weighted by Crippen LogP contribution is -1.99. The van der Waals surface area contributed by atoms with Gasteiger partial charge < -0.3 is 5.11 Å². The van der Waals surface area contributed by atoms with Crippen LogP contribution in [-0.2, 0) is 0 Å². The molecule has 0 aliphatic heterocycles. The van der Waals surface area contributed by atoms with Gasteiger partial charge in [0.25, 0.3) is 0 Å². The number of rotatable bonds is 15. The second-order valence-electron chi connectivity index (χ2n) is 6.92. The van der Waals surface area contributed by atoms with Crippen LogP contribution in [0, 0.1) is 11.8 Å². The van der Waals surface area contributed by atoms with Crippen LogP contribution in [0.15, 0.2) is 0 Å². The topological polar surface area (TPSA) is 20.2 Å². The molecule has 0 heterocycles. The lowest BCUT2D eigenvalue weighted by molar-refractivity contribution is 0.282. The average Bonchev–Trinajstić information content (AvgIpc) is 2.44. The van der Waals surface area contributed by atoms with Gasteiger partial charge in [-0.15, -0.1) is 0 Å². The van der Waals surface area contributed by atoms with Crippen LogP contribution in [0.2, 0.25) is 0 Å². The predicted octanol–water partition coefficient (Wildman–Crippen LogP) is 6.34. The van der Waals surface area contributed by atoms with Crippen molar-refractivity contribution in [3.05, 3.63) is 0 Å². The summed E-state index contributed by atoms with van der Waals surface area (Å²) in [5.41, 5.74) is 0. The van der Waals surface area contributed by atoms with E-state index in [0.29, 0.717) is 6.61 Å². The van der Waals surface area contributed by atoms with Gasteiger partial charge in [0.1, 0.15) is 0 Å². The van der Waals surface area contributed by atoms with Gasteiger partial charge in [-0.3, -0.25) is 0 Å². The lowest BCUT2D eigenvalue weighted by atomic mass is 9.92. The molecule has 1 nitrogen and oxygen atoms in total. The number of unbranched alkanes of at least 4 members (excludes halogenated alkanes) is 6. The third-order valence-corrected chi connectivity index (χ3v) is 4.55. The number of hydrogen-bond donors (Lipinski definition) is 1. The molecule has 0 aliphatic rings. The normalized spacial score (nSPS) is 14.4. The molecule has 0 aromatic rings. The van der Waals surface area contributed by atoms with Crippen molar-refractivity contribution in [2.75, 3.05) is 6.61 Å². The quantitative estimate of drug-likeness (QED) is 0.348. The molecule has 1 N–H and O–H groups in total. The standard InChI is InChI=1S/C19H40O/c1-4-5-13-18(2)15-12-16-19(3)14-10-8-6-7-9-11-17-20/h18-20H,4-17H2,1-3H3/t18-,19-/m1/s1. The van der Waals surface area contributed by atoms with Crippen LogP contribution in [0.25, 0.3) is 0 Å². The summed E-state index contributed by atoms with van der Waals surface area (Å²) in [4.78, 5) is 0. The molecule has 0 unspecified atom stereocenters. The highest BCUT2D eigenvalue weighted by molar-refractivity contribution is 4.58. The van der Waals surface area contributed by atoms with Crippen LogP contribution in [0.3, 0.4) is 0 Å². The Bertz CT molecular complexity index is 179. The van der Waals surface area contributed by atoms with Gasteiger partial charge in [-0.2, -0.15) is 0 Å². The summed E-state index contributed by atoms with van der Waals surface area (Å²) in [5, 5.41) is 8.71. The zero-order valence-corrected chi connectivity index (χ0v) is 14.5. The Morgan fingerprint density at radius 1 is 0.600 bits per heavy atom. The second kappa shape index (κ2) is 15.4. The van der Waals surface area contributed by atoms with E-state index < -0.39 is 0 Å². The maximum atomic E-state index is 8.71. The molecule has 0 aromatic heterocycles. The smallest absolute Gasteiger partial charge is 0.0431 e. The second-order valence-corrected chi connectivity index (χ2v) is 6.92. The van der Waals surface area contributed by atoms with Crippen LogP contribution < -0.4 is 0 Å². The molecule has 0 saturated heterocycles. The summed E-state index contributed by atoms with van der Waals surface area (Å²) in [7, 11) is 0. The number of hydrogen-bond acceptors (Lipinski definition) is 1. The Labute approximate surface area is 128 Å². The van der Waals surface area contributed by atoms with E-state index in [2.05, 4.69) is 20.8 Å². The minimum Gasteiger partial charge on any atom is -0.396 e. The van der Waals surface area contributed by atoms with Gasteiger partial charge in [-0.05, 0) is 18.3 Å². The summed E-state index contributed by atoms with van der Waals surface area (Å²) in [6, 6.07) is 0. The molecular formula is C19H40O. The molecule has 20 heavy (non-hydrogen) atoms. The first-order valence-electron chi connectivity index (χ1n) is 9.31. The highest BCUT2D eigenvalue weighted by atomic mass is 16.2. The van der Waals surface area contributed by atoms with E-state index in [9.17, 15) is 0 Å². The maximum Gasteiger partial charge on any atom is 0.0431 e. The molecule has 0 saturated carbocycles. The molecule has 0 bridgehead atoms. The summed E-state index contributed by atoms with van der Waals surface area (Å²) in [6.45, 7) is 7.52. The fourth-order valence-corrected chi connectivity index (χ4v) is 2.97. The molecule has 0 amide bonds. The van der Waals surface area contributed by atoms with E-state index in [1.807, 2.05) is 0 Å². The molecule has 0 rings (SSSR count). The van der Waals surface area contributed by atoms with Crippen molar-refractivity contribution in [3.8, 4) is 0 Å². The van der Waals surface area contributed by atoms with Crippen molar-refractivity contribution in [3.63, 3.8) is 0 Å². The van der Waals surface area contributed by atoms with E-state index in [1.165, 1.54) is 77.0 Å². The number of aliphatic hydroxyl groups is 1. The molecule has 2 atom stereocenters. The molecule has 0 aliphatic carbocycles. The van der Waals surface area contributed by atoms with Crippen molar-refractivity contribution >= 4 is 0 Å². The van der Waals surface area contributed by atoms with Gasteiger partial charge in [-0.25, -0.2) is 0 Å². The molecular weight excluding hydrogens is 244 g/mol. The van der Waals surface area contributed by atoms with Crippen LogP contribution >= 0.6 is 0 Å². The molecule has 0 radical (unpaired) electrons. The molecule has 0 fully saturated rings. The zero-order chi connectivity index (χ0) is 15.1. The summed E-state index contributed by atoms with van der Waals surface area (Å²) >= 11 is 0. The van der Waals surface area contributed by atoms with Crippen LogP contribution in [0.1, 0.15) is 104 Å². The third-order valence-electron chi connectivity index (χ3n) is 4.55. The fourth-order valence-electron chi connectivity index (χ4n) is 2.97. The van der Waals surface area contributed by atoms with E-state index in [0.717, 1.165) is 18.3 Å². The fraction of sp³-hybridized carbons (Fsp3) is 1.00. The van der Waals surface area contributed by atoms with Gasteiger partial charge >= 0.3 is 0 Å². The van der Waals surface area contributed by atoms with Crippen molar-refractivity contribution < 1.29 is 5.11 Å². The van der Waals surface area contributed by atoms with Crippen LogP contribution in [0.5, 0.6) is 0 Å². The predicted molar refractivity (Wildman–Crippen MR) is 91.1 cm³/mol. The van der Waals surface area contributed by atoms with Crippen molar-refractivity contribution in [2.45, 2.75) is 104 Å². The first-order chi connectivity index (χ1) is 9.70. The minimum atomic E-state index is 0.369. The molecule has 122 valence electrons. The van der Waals surface area contributed by atoms with E-state index in [-0.39, 0.29) is 0 Å². The summed E-state index contributed by atoms with van der Waals surface area (Å²) in [5.74, 6) is 1.86. The van der Waals surface area contributed by atoms with E-state index >= 15 is 0 Å². The van der Waals surface area contributed by atoms with Gasteiger partial charge in [-0.1, -0.05) is 97.8 Å². The first-order valence-corrected chi connectivity index (χ1v) is 9.31. The van der Waals surface area contributed by atoms with Crippen LogP contribution in [-0.4, -0.2) is 11.7 Å². The lowest BCUT2D eigenvalue weighted by Gasteiger charge is -2.14. The average molecular weight is 285 g/mol. The Hall–Kier alpha value is -0.0400. The summed E-state index contributed by atoms with van der Waals surface area (Å²) in [6.07, 6.45) is 17.6. The SMILES string of the molecule is CCCC[C@@H](C)CCC[C@H](C)CCCCCCCCO. The third kappa shape index (κ3) is 14.4. The van der Waals surface area contributed by atoms with Gasteiger partial charge in [0.2, 0.25) is 0 Å². The molecule has 0 spiro atoms. The Kier molecular flexibility index (Phi) is 15.3. The highest BCUT2D eigenvalue weighted by Crippen LogP contribution is 2.20. The summed E-state index contributed by atoms with van der Waals surface area (Å²) < 4.78 is 0. The van der Waals surface area contributed by atoms with Crippen molar-refractivity contribution in [1.82, 2.24) is 0 Å². The number of aliphatic hydroxyl groups excluding tert-OH is 1. The zero-order valence-electron chi connectivity index (χ0n) is 14.5. The highest BCUT2D eigenvalue weighted by Gasteiger charge is 2.05. The Morgan fingerprint density at radius 2 is 1.05 bits per heavy atom. The molecule has 0 aromatic carbocycles. The van der Waals surface area contributed by atoms with Crippen molar-refractivity contribution in [2.24, 2.45) is 11.8 Å². The van der Waals surface area contributed by atoms with Gasteiger partial charge in [0.05, 0.1) is 0 Å². The maximum absolute atomic E-state index is 8.71. The minimum absolute atomic E-state index is 0.369. The van der Waals surface area contributed by atoms with Gasteiger partial charge in [0.15, 0.2) is 0 Å². The van der Waals surface area contributed by atoms with Gasteiger partial charge in [0, 0.05) is 6.61 Å². The van der Waals surface area contributed by atoms with E-state index in [4.69, 9.17) is 5.11 Å². The van der Waals surface area contributed by atoms with Crippen LogP contribution in [0.4, 0.5) is 0 Å². The Balaban J connectivity index is 3.26.